The van der Waals surface area contributed by atoms with Gasteiger partial charge in [-0.1, -0.05) is 111 Å². The Morgan fingerprint density at radius 2 is 0.898 bits per heavy atom. The van der Waals surface area contributed by atoms with Gasteiger partial charge < -0.3 is 14.4 Å². The fraction of sp³-hybridized carbons (Fsp3) is 0.0741. The minimum absolute atomic E-state index is 0.134. The van der Waals surface area contributed by atoms with Crippen molar-refractivity contribution in [1.82, 2.24) is 4.57 Å². The molecule has 5 heteroatoms. The highest BCUT2D eigenvalue weighted by Gasteiger charge is 2.53. The van der Waals surface area contributed by atoms with Crippen LogP contribution in [0, 0.1) is 0 Å². The highest BCUT2D eigenvalue weighted by atomic mass is 32.1. The van der Waals surface area contributed by atoms with Crippen LogP contribution in [0.2, 0.25) is 0 Å². The van der Waals surface area contributed by atoms with E-state index < -0.39 is 5.41 Å². The first-order valence-corrected chi connectivity index (χ1v) is 22.1. The molecule has 10 aromatic rings. The van der Waals surface area contributed by atoms with E-state index in [1.54, 1.807) is 0 Å². The van der Waals surface area contributed by atoms with Crippen LogP contribution < -0.4 is 9.80 Å². The lowest BCUT2D eigenvalue weighted by Crippen LogP contribution is -2.36. The molecule has 5 heterocycles. The van der Waals surface area contributed by atoms with Gasteiger partial charge in [-0.05, 0) is 123 Å². The molecular weight excluding hydrogens is 755 g/mol. The van der Waals surface area contributed by atoms with Gasteiger partial charge in [0.05, 0.1) is 39.2 Å². The van der Waals surface area contributed by atoms with Gasteiger partial charge in [0.2, 0.25) is 0 Å². The lowest BCUT2D eigenvalue weighted by molar-refractivity contribution is 0.632. The fourth-order valence-electron chi connectivity index (χ4n) is 10.9. The molecule has 7 aromatic carbocycles. The highest BCUT2D eigenvalue weighted by Crippen LogP contribution is 2.66. The Bertz CT molecular complexity index is 3260. The second kappa shape index (κ2) is 12.0. The molecule has 0 fully saturated rings. The maximum Gasteiger partial charge on any atom is 0.0771 e. The van der Waals surface area contributed by atoms with Gasteiger partial charge in [-0.25, -0.2) is 0 Å². The van der Waals surface area contributed by atoms with Crippen LogP contribution in [0.5, 0.6) is 0 Å². The topological polar surface area (TPSA) is 11.4 Å². The van der Waals surface area contributed by atoms with Crippen LogP contribution in [0.15, 0.2) is 187 Å². The monoisotopic (exact) mass is 791 g/mol. The second-order valence-corrected chi connectivity index (χ2v) is 18.4. The Morgan fingerprint density at radius 1 is 0.373 bits per heavy atom. The summed E-state index contributed by atoms with van der Waals surface area (Å²) in [7, 11) is 0. The molecule has 0 bridgehead atoms. The Hall–Kier alpha value is -6.66. The predicted molar refractivity (Wildman–Crippen MR) is 249 cm³/mol. The van der Waals surface area contributed by atoms with E-state index >= 15 is 0 Å². The van der Waals surface area contributed by atoms with Crippen LogP contribution in [0.4, 0.5) is 34.1 Å². The Balaban J connectivity index is 1.13. The molecule has 59 heavy (non-hydrogen) atoms. The number of anilines is 6. The molecule has 3 aromatic heterocycles. The predicted octanol–water partition coefficient (Wildman–Crippen LogP) is 15.2. The van der Waals surface area contributed by atoms with E-state index in [1.807, 2.05) is 22.7 Å². The molecule has 3 nitrogen and oxygen atoms in total. The zero-order chi connectivity index (χ0) is 39.0. The van der Waals surface area contributed by atoms with Crippen molar-refractivity contribution < 1.29 is 0 Å². The summed E-state index contributed by atoms with van der Waals surface area (Å²) in [6.45, 7) is 4.71. The number of hydrogen-bond acceptors (Lipinski definition) is 4. The number of hydrogen-bond donors (Lipinski definition) is 0. The first-order valence-electron chi connectivity index (χ1n) is 20.3. The minimum Gasteiger partial charge on any atom is -0.310 e. The van der Waals surface area contributed by atoms with Crippen LogP contribution in [0.3, 0.4) is 0 Å². The van der Waals surface area contributed by atoms with Gasteiger partial charge in [-0.3, -0.25) is 0 Å². The number of rotatable bonds is 3. The van der Waals surface area contributed by atoms with E-state index in [9.17, 15) is 0 Å². The summed E-state index contributed by atoms with van der Waals surface area (Å²) >= 11 is 3.75. The van der Waals surface area contributed by atoms with E-state index in [0.717, 1.165) is 17.1 Å². The molecule has 280 valence electrons. The second-order valence-electron chi connectivity index (χ2n) is 16.5. The lowest BCUT2D eigenvalue weighted by atomic mass is 9.65. The summed E-state index contributed by atoms with van der Waals surface area (Å²) in [4.78, 5) is 7.81. The van der Waals surface area contributed by atoms with Crippen LogP contribution >= 0.6 is 22.7 Å². The van der Waals surface area contributed by atoms with Gasteiger partial charge in [0.15, 0.2) is 0 Å². The summed E-state index contributed by atoms with van der Waals surface area (Å²) in [5, 5.41) is 7.11. The Kier molecular flexibility index (Phi) is 6.75. The molecule has 0 radical (unpaired) electrons. The van der Waals surface area contributed by atoms with Crippen molar-refractivity contribution in [2.24, 2.45) is 0 Å². The van der Waals surface area contributed by atoms with E-state index in [2.05, 4.69) is 215 Å². The van der Waals surface area contributed by atoms with Crippen LogP contribution in [0.1, 0.15) is 47.2 Å². The standard InChI is InChI=1S/C54H37N3S2/c1-53(2)39-20-7-11-24-46(39)56(47-25-12-8-21-40(47)53)35-17-14-18-36(31-35)57-48-26-13-9-22-41(48)54(42-27-29-58-51(42)52-43(54)28-30-59-52)44-32-38-37-19-6-10-23-45(37)55(49(38)33-50(44)57)34-15-4-3-5-16-34/h3-33H,1-2H3. The third-order valence-corrected chi connectivity index (χ3v) is 15.3. The number of thiophene rings is 2. The average Bonchev–Trinajstić information content (AvgIpc) is 4.07. The summed E-state index contributed by atoms with van der Waals surface area (Å²) in [5.41, 5.74) is 18.1. The van der Waals surface area contributed by atoms with Crippen molar-refractivity contribution in [2.45, 2.75) is 24.7 Å². The average molecular weight is 792 g/mol. The minimum atomic E-state index is -0.467. The third-order valence-electron chi connectivity index (χ3n) is 13.3. The van der Waals surface area contributed by atoms with Crippen LogP contribution in [0.25, 0.3) is 37.2 Å². The summed E-state index contributed by atoms with van der Waals surface area (Å²) in [6.07, 6.45) is 0. The van der Waals surface area contributed by atoms with Crippen molar-refractivity contribution in [3.8, 4) is 15.4 Å². The number of aromatic nitrogens is 1. The van der Waals surface area contributed by atoms with Crippen LogP contribution in [-0.2, 0) is 10.8 Å². The number of fused-ring (bicyclic) bond motifs is 14. The smallest absolute Gasteiger partial charge is 0.0771 e. The molecular formula is C54H37N3S2. The van der Waals surface area contributed by atoms with Crippen molar-refractivity contribution >= 4 is 78.6 Å². The van der Waals surface area contributed by atoms with Gasteiger partial charge in [0.1, 0.15) is 0 Å². The molecule has 0 N–H and O–H groups in total. The van der Waals surface area contributed by atoms with E-state index in [-0.39, 0.29) is 5.41 Å². The van der Waals surface area contributed by atoms with E-state index in [0.29, 0.717) is 0 Å². The van der Waals surface area contributed by atoms with Crippen molar-refractivity contribution in [1.29, 1.82) is 0 Å². The van der Waals surface area contributed by atoms with Gasteiger partial charge in [-0.2, -0.15) is 0 Å². The third kappa shape index (κ3) is 4.26. The maximum atomic E-state index is 2.55. The first-order chi connectivity index (χ1) is 29.0. The zero-order valence-electron chi connectivity index (χ0n) is 32.6. The number of para-hydroxylation sites is 5. The van der Waals surface area contributed by atoms with Gasteiger partial charge in [0.25, 0.3) is 0 Å². The van der Waals surface area contributed by atoms with Gasteiger partial charge in [-0.15, -0.1) is 22.7 Å². The summed E-state index contributed by atoms with van der Waals surface area (Å²) in [5.74, 6) is 0. The van der Waals surface area contributed by atoms with Gasteiger partial charge in [0, 0.05) is 43.0 Å². The Morgan fingerprint density at radius 3 is 1.56 bits per heavy atom. The largest absolute Gasteiger partial charge is 0.310 e. The molecule has 2 aliphatic heterocycles. The number of benzene rings is 7. The zero-order valence-corrected chi connectivity index (χ0v) is 34.2. The van der Waals surface area contributed by atoms with Crippen molar-refractivity contribution in [3.05, 3.63) is 220 Å². The molecule has 0 atom stereocenters. The molecule has 0 saturated heterocycles. The fourth-order valence-corrected chi connectivity index (χ4v) is 13.0. The summed E-state index contributed by atoms with van der Waals surface area (Å²) < 4.78 is 2.46. The molecule has 0 saturated carbocycles. The van der Waals surface area contributed by atoms with E-state index in [1.165, 1.54) is 87.7 Å². The SMILES string of the molecule is CC1(C)c2ccccc2N(c2cccc(N3c4ccccc4C4(c5cc6c7ccccc7n(-c7ccccc7)c6cc53)c3ccsc3-c3sccc34)c2)c2ccccc21. The quantitative estimate of drug-likeness (QED) is 0.177. The molecule has 0 unspecified atom stereocenters. The molecule has 13 rings (SSSR count). The highest BCUT2D eigenvalue weighted by molar-refractivity contribution is 7.21. The lowest BCUT2D eigenvalue weighted by Gasteiger charge is -2.45. The van der Waals surface area contributed by atoms with Crippen molar-refractivity contribution in [2.75, 3.05) is 9.80 Å². The molecule has 1 spiro atoms. The Labute approximate surface area is 351 Å². The summed E-state index contributed by atoms with van der Waals surface area (Å²) in [6, 6.07) is 65.9. The normalized spacial score (nSPS) is 15.2. The molecule has 3 aliphatic rings. The first kappa shape index (κ1) is 33.3. The molecule has 1 aliphatic carbocycles. The number of nitrogens with zero attached hydrogens (tertiary/aromatic N) is 3. The molecule has 0 amide bonds. The van der Waals surface area contributed by atoms with Crippen LogP contribution in [-0.4, -0.2) is 4.57 Å². The maximum absolute atomic E-state index is 2.55. The van der Waals surface area contributed by atoms with Gasteiger partial charge >= 0.3 is 0 Å². The van der Waals surface area contributed by atoms with E-state index in [4.69, 9.17) is 0 Å². The van der Waals surface area contributed by atoms with Crippen molar-refractivity contribution in [3.63, 3.8) is 0 Å².